The number of ether oxygens (including phenoxy) is 1. The van der Waals surface area contributed by atoms with Crippen LogP contribution in [0.5, 0.6) is 5.75 Å². The molecule has 1 saturated carbocycles. The number of nitrogens with zero attached hydrogens (tertiary/aromatic N) is 1. The minimum Gasteiger partial charge on any atom is -0.492 e. The lowest BCUT2D eigenvalue weighted by atomic mass is 9.95. The Balaban J connectivity index is 1.80. The topological polar surface area (TPSA) is 24.5 Å². The molecule has 1 N–H and O–H groups in total. The van der Waals surface area contributed by atoms with E-state index in [1.165, 1.54) is 24.9 Å². The molecule has 2 unspecified atom stereocenters. The second kappa shape index (κ2) is 5.51. The number of nitrogens with one attached hydrogen (secondary N) is 1. The lowest BCUT2D eigenvalue weighted by molar-refractivity contribution is 0.103. The third-order valence-corrected chi connectivity index (χ3v) is 4.28. The smallest absolute Gasteiger partial charge is 0.124 e. The van der Waals surface area contributed by atoms with Crippen LogP contribution in [0.1, 0.15) is 31.4 Å². The maximum Gasteiger partial charge on any atom is 0.124 e. The van der Waals surface area contributed by atoms with Crippen molar-refractivity contribution < 1.29 is 4.74 Å². The molecule has 1 heterocycles. The van der Waals surface area contributed by atoms with Gasteiger partial charge in [-0.05, 0) is 38.4 Å². The maximum absolute atomic E-state index is 5.95. The Kier molecular flexibility index (Phi) is 3.76. The van der Waals surface area contributed by atoms with Gasteiger partial charge in [-0.15, -0.1) is 0 Å². The standard InChI is InChI=1S/C16H24N2O/c1-3-17-16-13-6-4-5-7-15(13)19-11-14(16)18(2)10-12-8-9-12/h4-7,12,14,16-17H,3,8-11H2,1-2H3. The first-order chi connectivity index (χ1) is 9.29. The van der Waals surface area contributed by atoms with Crippen molar-refractivity contribution >= 4 is 0 Å². The Hall–Kier alpha value is -1.06. The van der Waals surface area contributed by atoms with Gasteiger partial charge in [-0.2, -0.15) is 0 Å². The molecule has 2 atom stereocenters. The summed E-state index contributed by atoms with van der Waals surface area (Å²) in [6, 6.07) is 9.26. The first kappa shape index (κ1) is 12.9. The first-order valence-electron chi connectivity index (χ1n) is 7.45. The minimum absolute atomic E-state index is 0.388. The zero-order chi connectivity index (χ0) is 13.2. The molecule has 104 valence electrons. The normalized spacial score (nSPS) is 26.1. The van der Waals surface area contributed by atoms with Crippen molar-refractivity contribution in [3.8, 4) is 5.75 Å². The summed E-state index contributed by atoms with van der Waals surface area (Å²) >= 11 is 0. The van der Waals surface area contributed by atoms with Crippen molar-refractivity contribution in [1.29, 1.82) is 0 Å². The fourth-order valence-electron chi connectivity index (χ4n) is 3.04. The molecule has 3 rings (SSSR count). The van der Waals surface area contributed by atoms with E-state index >= 15 is 0 Å². The van der Waals surface area contributed by atoms with Crippen LogP contribution in [-0.4, -0.2) is 37.7 Å². The van der Waals surface area contributed by atoms with Gasteiger partial charge in [0.25, 0.3) is 0 Å². The zero-order valence-electron chi connectivity index (χ0n) is 11.9. The van der Waals surface area contributed by atoms with E-state index < -0.39 is 0 Å². The second-order valence-corrected chi connectivity index (χ2v) is 5.83. The number of benzene rings is 1. The maximum atomic E-state index is 5.95. The van der Waals surface area contributed by atoms with Crippen molar-refractivity contribution in [3.63, 3.8) is 0 Å². The highest BCUT2D eigenvalue weighted by molar-refractivity contribution is 5.38. The summed E-state index contributed by atoms with van der Waals surface area (Å²) < 4.78 is 5.95. The summed E-state index contributed by atoms with van der Waals surface area (Å²) in [6.07, 6.45) is 2.81. The van der Waals surface area contributed by atoms with Crippen LogP contribution in [0.25, 0.3) is 0 Å². The molecule has 1 aromatic carbocycles. The van der Waals surface area contributed by atoms with Crippen LogP contribution in [0.4, 0.5) is 0 Å². The van der Waals surface area contributed by atoms with Gasteiger partial charge in [-0.3, -0.25) is 4.90 Å². The van der Waals surface area contributed by atoms with Gasteiger partial charge in [0.2, 0.25) is 0 Å². The van der Waals surface area contributed by atoms with E-state index in [9.17, 15) is 0 Å². The SMILES string of the molecule is CCNC1c2ccccc2OCC1N(C)CC1CC1. The number of hydrogen-bond donors (Lipinski definition) is 1. The molecule has 2 aliphatic rings. The molecule has 19 heavy (non-hydrogen) atoms. The molecular formula is C16H24N2O. The largest absolute Gasteiger partial charge is 0.492 e. The van der Waals surface area contributed by atoms with E-state index in [2.05, 4.69) is 48.5 Å². The average Bonchev–Trinajstić information content (AvgIpc) is 3.23. The monoisotopic (exact) mass is 260 g/mol. The number of rotatable bonds is 5. The Bertz CT molecular complexity index is 431. The number of hydrogen-bond acceptors (Lipinski definition) is 3. The summed E-state index contributed by atoms with van der Waals surface area (Å²) in [4.78, 5) is 2.49. The summed E-state index contributed by atoms with van der Waals surface area (Å²) in [6.45, 7) is 5.17. The van der Waals surface area contributed by atoms with Gasteiger partial charge < -0.3 is 10.1 Å². The predicted molar refractivity (Wildman–Crippen MR) is 77.5 cm³/mol. The van der Waals surface area contributed by atoms with Gasteiger partial charge in [-0.1, -0.05) is 25.1 Å². The van der Waals surface area contributed by atoms with E-state index in [0.29, 0.717) is 12.1 Å². The molecule has 1 aliphatic heterocycles. The fraction of sp³-hybridized carbons (Fsp3) is 0.625. The number of likely N-dealkylation sites (N-methyl/N-ethyl adjacent to an activating group) is 2. The summed E-state index contributed by atoms with van der Waals surface area (Å²) in [5.41, 5.74) is 1.31. The predicted octanol–water partition coefficient (Wildman–Crippen LogP) is 2.44. The number of fused-ring (bicyclic) bond motifs is 1. The molecule has 1 aromatic rings. The Morgan fingerprint density at radius 1 is 1.32 bits per heavy atom. The van der Waals surface area contributed by atoms with Crippen molar-refractivity contribution in [1.82, 2.24) is 10.2 Å². The van der Waals surface area contributed by atoms with E-state index in [0.717, 1.165) is 24.8 Å². The first-order valence-corrected chi connectivity index (χ1v) is 7.45. The summed E-state index contributed by atoms with van der Waals surface area (Å²) in [5.74, 6) is 1.97. The highest BCUT2D eigenvalue weighted by atomic mass is 16.5. The van der Waals surface area contributed by atoms with E-state index in [1.807, 2.05) is 0 Å². The lowest BCUT2D eigenvalue weighted by Crippen LogP contribution is -2.49. The molecule has 3 heteroatoms. The van der Waals surface area contributed by atoms with Crippen LogP contribution in [0, 0.1) is 5.92 Å². The lowest BCUT2D eigenvalue weighted by Gasteiger charge is -2.39. The molecule has 0 amide bonds. The second-order valence-electron chi connectivity index (χ2n) is 5.83. The highest BCUT2D eigenvalue weighted by Crippen LogP contribution is 2.36. The quantitative estimate of drug-likeness (QED) is 0.880. The van der Waals surface area contributed by atoms with Crippen LogP contribution in [-0.2, 0) is 0 Å². The van der Waals surface area contributed by atoms with Gasteiger partial charge in [0.05, 0.1) is 12.1 Å². The molecule has 1 fully saturated rings. The van der Waals surface area contributed by atoms with Gasteiger partial charge in [-0.25, -0.2) is 0 Å². The summed E-state index contributed by atoms with van der Waals surface area (Å²) in [7, 11) is 2.24. The molecular weight excluding hydrogens is 236 g/mol. The van der Waals surface area contributed by atoms with Gasteiger partial charge in [0.1, 0.15) is 12.4 Å². The average molecular weight is 260 g/mol. The zero-order valence-corrected chi connectivity index (χ0v) is 11.9. The van der Waals surface area contributed by atoms with Crippen LogP contribution in [0.2, 0.25) is 0 Å². The van der Waals surface area contributed by atoms with Crippen molar-refractivity contribution in [2.45, 2.75) is 31.8 Å². The molecule has 0 saturated heterocycles. The Morgan fingerprint density at radius 3 is 2.84 bits per heavy atom. The Morgan fingerprint density at radius 2 is 2.11 bits per heavy atom. The van der Waals surface area contributed by atoms with Crippen molar-refractivity contribution in [2.24, 2.45) is 5.92 Å². The minimum atomic E-state index is 0.388. The van der Waals surface area contributed by atoms with Gasteiger partial charge in [0, 0.05) is 12.1 Å². The van der Waals surface area contributed by atoms with E-state index in [-0.39, 0.29) is 0 Å². The van der Waals surface area contributed by atoms with E-state index in [4.69, 9.17) is 4.74 Å². The molecule has 3 nitrogen and oxygen atoms in total. The fourth-order valence-corrected chi connectivity index (χ4v) is 3.04. The van der Waals surface area contributed by atoms with Crippen molar-refractivity contribution in [2.75, 3.05) is 26.7 Å². The van der Waals surface area contributed by atoms with Crippen LogP contribution in [0.3, 0.4) is 0 Å². The van der Waals surface area contributed by atoms with E-state index in [1.54, 1.807) is 0 Å². The summed E-state index contributed by atoms with van der Waals surface area (Å²) in [5, 5.41) is 3.64. The van der Waals surface area contributed by atoms with Crippen LogP contribution < -0.4 is 10.1 Å². The van der Waals surface area contributed by atoms with Crippen LogP contribution in [0.15, 0.2) is 24.3 Å². The molecule has 0 radical (unpaired) electrons. The molecule has 1 aliphatic carbocycles. The third kappa shape index (κ3) is 2.77. The third-order valence-electron chi connectivity index (χ3n) is 4.28. The molecule has 0 aromatic heterocycles. The molecule has 0 bridgehead atoms. The Labute approximate surface area is 115 Å². The van der Waals surface area contributed by atoms with Crippen LogP contribution >= 0.6 is 0 Å². The molecule has 0 spiro atoms. The number of para-hydroxylation sites is 1. The van der Waals surface area contributed by atoms with Gasteiger partial charge in [0.15, 0.2) is 0 Å². The van der Waals surface area contributed by atoms with Gasteiger partial charge >= 0.3 is 0 Å². The van der Waals surface area contributed by atoms with Crippen molar-refractivity contribution in [3.05, 3.63) is 29.8 Å². The highest BCUT2D eigenvalue weighted by Gasteiger charge is 2.35.